The van der Waals surface area contributed by atoms with Crippen molar-refractivity contribution in [1.82, 2.24) is 9.88 Å². The third-order valence-corrected chi connectivity index (χ3v) is 7.05. The van der Waals surface area contributed by atoms with E-state index in [1.54, 1.807) is 0 Å². The maximum absolute atomic E-state index is 5.76. The lowest BCUT2D eigenvalue weighted by Crippen LogP contribution is -2.53. The van der Waals surface area contributed by atoms with Crippen LogP contribution in [0.2, 0.25) is 0 Å². The maximum Gasteiger partial charge on any atom is 0.136 e. The Morgan fingerprint density at radius 1 is 0.742 bits per heavy atom. The molecule has 2 aliphatic rings. The van der Waals surface area contributed by atoms with Crippen molar-refractivity contribution in [3.05, 3.63) is 67.1 Å². The van der Waals surface area contributed by atoms with Crippen LogP contribution in [0.15, 0.2) is 71.5 Å². The van der Waals surface area contributed by atoms with E-state index < -0.39 is 0 Å². The minimum Gasteiger partial charge on any atom is -0.462 e. The Hall–Kier alpha value is -3.05. The molecular weight excluding hydrogens is 384 g/mol. The van der Waals surface area contributed by atoms with E-state index in [-0.39, 0.29) is 0 Å². The Balaban J connectivity index is 1.09. The predicted octanol–water partition coefficient (Wildman–Crippen LogP) is 4.77. The van der Waals surface area contributed by atoms with Gasteiger partial charge in [0.15, 0.2) is 0 Å². The van der Waals surface area contributed by atoms with Crippen LogP contribution in [0.3, 0.4) is 0 Å². The molecule has 0 spiro atoms. The topological polar surface area (TPSA) is 35.8 Å². The molecule has 5 nitrogen and oxygen atoms in total. The first-order valence-corrected chi connectivity index (χ1v) is 11.4. The largest absolute Gasteiger partial charge is 0.462 e. The number of rotatable bonds is 3. The number of anilines is 2. The first kappa shape index (κ1) is 18.7. The molecule has 0 bridgehead atoms. The van der Waals surface area contributed by atoms with E-state index in [0.717, 1.165) is 50.4 Å². The van der Waals surface area contributed by atoms with Gasteiger partial charge in [-0.3, -0.25) is 9.88 Å². The van der Waals surface area contributed by atoms with Crippen molar-refractivity contribution in [3.63, 3.8) is 0 Å². The number of piperidine rings is 1. The minimum atomic E-state index is 0.683. The van der Waals surface area contributed by atoms with Gasteiger partial charge in [0.25, 0.3) is 0 Å². The van der Waals surface area contributed by atoms with E-state index >= 15 is 0 Å². The van der Waals surface area contributed by atoms with Crippen molar-refractivity contribution >= 4 is 33.2 Å². The number of nitrogens with zero attached hydrogens (tertiary/aromatic N) is 4. The second-order valence-corrected chi connectivity index (χ2v) is 8.71. The highest BCUT2D eigenvalue weighted by atomic mass is 16.3. The van der Waals surface area contributed by atoms with E-state index in [2.05, 4.69) is 56.1 Å². The molecule has 2 aromatic carbocycles. The van der Waals surface area contributed by atoms with Gasteiger partial charge in [-0.25, -0.2) is 0 Å². The molecule has 4 aromatic rings. The zero-order chi connectivity index (χ0) is 20.6. The number of furan rings is 1. The SMILES string of the molecule is c1cnc2c(N3CCC(N4CCN(c5coc6ccccc56)CC4)CC3)cccc2c1. The van der Waals surface area contributed by atoms with E-state index in [0.29, 0.717) is 6.04 Å². The standard InChI is InChI=1S/C26H28N4O/c1-2-9-25-22(7-1)24(19-31-25)30-17-15-28(16-18-30)21-10-13-29(14-11-21)23-8-3-5-20-6-4-12-27-26(20)23/h1-9,12,19,21H,10-11,13-18H2. The number of pyridine rings is 1. The monoisotopic (exact) mass is 412 g/mol. The van der Waals surface area contributed by atoms with Crippen LogP contribution in [-0.2, 0) is 0 Å². The maximum atomic E-state index is 5.76. The average molecular weight is 413 g/mol. The Labute approximate surface area is 182 Å². The quantitative estimate of drug-likeness (QED) is 0.484. The molecule has 0 unspecified atom stereocenters. The molecule has 0 atom stereocenters. The minimum absolute atomic E-state index is 0.683. The molecule has 0 amide bonds. The summed E-state index contributed by atoms with van der Waals surface area (Å²) in [6.45, 7) is 6.59. The number of hydrogen-bond acceptors (Lipinski definition) is 5. The van der Waals surface area contributed by atoms with Gasteiger partial charge in [-0.2, -0.15) is 0 Å². The Bertz CT molecular complexity index is 1180. The molecule has 2 fully saturated rings. The Morgan fingerprint density at radius 3 is 2.39 bits per heavy atom. The fraction of sp³-hybridized carbons (Fsp3) is 0.346. The van der Waals surface area contributed by atoms with Crippen molar-refractivity contribution in [1.29, 1.82) is 0 Å². The smallest absolute Gasteiger partial charge is 0.136 e. The highest BCUT2D eigenvalue weighted by molar-refractivity contribution is 5.91. The van der Waals surface area contributed by atoms with Gasteiger partial charge < -0.3 is 14.2 Å². The molecule has 0 radical (unpaired) electrons. The summed E-state index contributed by atoms with van der Waals surface area (Å²) in [5.74, 6) is 0. The number of aromatic nitrogens is 1. The number of para-hydroxylation sites is 2. The van der Waals surface area contributed by atoms with Crippen LogP contribution < -0.4 is 9.80 Å². The third kappa shape index (κ3) is 3.43. The molecule has 4 heterocycles. The zero-order valence-electron chi connectivity index (χ0n) is 17.8. The lowest BCUT2D eigenvalue weighted by Gasteiger charge is -2.43. The van der Waals surface area contributed by atoms with Crippen LogP contribution in [0, 0.1) is 0 Å². The first-order valence-electron chi connectivity index (χ1n) is 11.4. The van der Waals surface area contributed by atoms with Crippen molar-refractivity contribution in [3.8, 4) is 0 Å². The van der Waals surface area contributed by atoms with Gasteiger partial charge >= 0.3 is 0 Å². The lowest BCUT2D eigenvalue weighted by atomic mass is 10.0. The molecule has 31 heavy (non-hydrogen) atoms. The van der Waals surface area contributed by atoms with Crippen LogP contribution in [0.25, 0.3) is 21.9 Å². The summed E-state index contributed by atoms with van der Waals surface area (Å²) in [6.07, 6.45) is 6.27. The van der Waals surface area contributed by atoms with Crippen molar-refractivity contribution in [2.24, 2.45) is 0 Å². The fourth-order valence-electron chi connectivity index (χ4n) is 5.35. The summed E-state index contributed by atoms with van der Waals surface area (Å²) < 4.78 is 5.76. The molecule has 6 rings (SSSR count). The van der Waals surface area contributed by atoms with Gasteiger partial charge in [0.2, 0.25) is 0 Å². The van der Waals surface area contributed by atoms with Crippen LogP contribution in [0.4, 0.5) is 11.4 Å². The molecular formula is C26H28N4O. The Morgan fingerprint density at radius 2 is 1.52 bits per heavy atom. The second kappa shape index (κ2) is 7.89. The summed E-state index contributed by atoms with van der Waals surface area (Å²) in [7, 11) is 0. The van der Waals surface area contributed by atoms with Gasteiger partial charge in [-0.15, -0.1) is 0 Å². The molecule has 5 heteroatoms. The van der Waals surface area contributed by atoms with Gasteiger partial charge in [-0.05, 0) is 37.1 Å². The van der Waals surface area contributed by atoms with Crippen LogP contribution in [0.5, 0.6) is 0 Å². The van der Waals surface area contributed by atoms with Crippen LogP contribution >= 0.6 is 0 Å². The summed E-state index contributed by atoms with van der Waals surface area (Å²) in [4.78, 5) is 12.4. The molecule has 2 aliphatic heterocycles. The van der Waals surface area contributed by atoms with Crippen LogP contribution in [0.1, 0.15) is 12.8 Å². The van der Waals surface area contributed by atoms with Crippen LogP contribution in [-0.4, -0.2) is 55.2 Å². The van der Waals surface area contributed by atoms with Crippen molar-refractivity contribution < 1.29 is 4.42 Å². The molecule has 158 valence electrons. The summed E-state index contributed by atoms with van der Waals surface area (Å²) >= 11 is 0. The van der Waals surface area contributed by atoms with E-state index in [1.807, 2.05) is 30.7 Å². The molecule has 2 saturated heterocycles. The van der Waals surface area contributed by atoms with Gasteiger partial charge in [-0.1, -0.05) is 30.3 Å². The number of piperazine rings is 1. The van der Waals surface area contributed by atoms with E-state index in [4.69, 9.17) is 4.42 Å². The summed E-state index contributed by atoms with van der Waals surface area (Å²) in [5.41, 5.74) is 4.64. The third-order valence-electron chi connectivity index (χ3n) is 7.05. The van der Waals surface area contributed by atoms with E-state index in [1.165, 1.54) is 35.0 Å². The molecule has 0 aliphatic carbocycles. The van der Waals surface area contributed by atoms with E-state index in [9.17, 15) is 0 Å². The highest BCUT2D eigenvalue weighted by Crippen LogP contribution is 2.31. The first-order chi connectivity index (χ1) is 15.4. The van der Waals surface area contributed by atoms with Gasteiger partial charge in [0.1, 0.15) is 11.8 Å². The van der Waals surface area contributed by atoms with Gasteiger partial charge in [0, 0.05) is 62.3 Å². The van der Waals surface area contributed by atoms with Crippen molar-refractivity contribution in [2.75, 3.05) is 49.1 Å². The Kier molecular flexibility index (Phi) is 4.76. The number of hydrogen-bond donors (Lipinski definition) is 0. The zero-order valence-corrected chi connectivity index (χ0v) is 17.8. The summed E-state index contributed by atoms with van der Waals surface area (Å²) in [5, 5.41) is 2.46. The fourth-order valence-corrected chi connectivity index (χ4v) is 5.35. The molecule has 0 saturated carbocycles. The average Bonchev–Trinajstić information content (AvgIpc) is 3.28. The number of fused-ring (bicyclic) bond motifs is 2. The number of benzene rings is 2. The highest BCUT2D eigenvalue weighted by Gasteiger charge is 2.29. The van der Waals surface area contributed by atoms with Gasteiger partial charge in [0.05, 0.1) is 16.9 Å². The summed E-state index contributed by atoms with van der Waals surface area (Å²) in [6, 6.07) is 19.7. The van der Waals surface area contributed by atoms with Crippen molar-refractivity contribution in [2.45, 2.75) is 18.9 Å². The second-order valence-electron chi connectivity index (χ2n) is 8.71. The predicted molar refractivity (Wildman–Crippen MR) is 127 cm³/mol. The lowest BCUT2D eigenvalue weighted by molar-refractivity contribution is 0.160. The normalized spacial score (nSPS) is 18.8. The molecule has 0 N–H and O–H groups in total. The molecule has 2 aromatic heterocycles.